The van der Waals surface area contributed by atoms with Gasteiger partial charge in [0, 0.05) is 5.02 Å². The smallest absolute Gasteiger partial charge is 0.335 e. The van der Waals surface area contributed by atoms with Crippen molar-refractivity contribution in [3.05, 3.63) is 86.6 Å². The molecule has 3 aromatic carbocycles. The number of nitrogens with one attached hydrogen (secondary N) is 2. The van der Waals surface area contributed by atoms with Gasteiger partial charge in [-0.3, -0.25) is 19.7 Å². The highest BCUT2D eigenvalue weighted by molar-refractivity contribution is 9.10. The van der Waals surface area contributed by atoms with E-state index < -0.39 is 36.2 Å². The van der Waals surface area contributed by atoms with E-state index in [9.17, 15) is 23.6 Å². The van der Waals surface area contributed by atoms with Gasteiger partial charge >= 0.3 is 6.03 Å². The van der Waals surface area contributed by atoms with E-state index in [0.29, 0.717) is 20.6 Å². The molecule has 39 heavy (non-hydrogen) atoms. The number of hydrogen-bond acceptors (Lipinski definition) is 6. The molecule has 3 aromatic rings. The summed E-state index contributed by atoms with van der Waals surface area (Å²) in [5.74, 6) is -2.57. The number of urea groups is 1. The zero-order valence-corrected chi connectivity index (χ0v) is 22.9. The molecule has 1 saturated heterocycles. The highest BCUT2D eigenvalue weighted by atomic mass is 79.9. The maximum atomic E-state index is 13.8. The van der Waals surface area contributed by atoms with E-state index in [1.54, 1.807) is 25.1 Å². The second kappa shape index (κ2) is 11.7. The first-order valence-electron chi connectivity index (χ1n) is 11.3. The van der Waals surface area contributed by atoms with Gasteiger partial charge in [0.25, 0.3) is 17.7 Å². The van der Waals surface area contributed by atoms with Crippen molar-refractivity contribution in [1.82, 2.24) is 5.32 Å². The number of hydrogen-bond donors (Lipinski definition) is 2. The van der Waals surface area contributed by atoms with E-state index in [2.05, 4.69) is 26.6 Å². The molecule has 1 fully saturated rings. The molecule has 0 aliphatic carbocycles. The third kappa shape index (κ3) is 6.10. The number of amides is 5. The maximum absolute atomic E-state index is 13.8. The number of para-hydroxylation sites is 1. The van der Waals surface area contributed by atoms with E-state index in [0.717, 1.165) is 4.90 Å². The standard InChI is InChI=1S/C27H20BrClFN3O6/c1-14-7-8-16(29)12-21(14)33-26(36)17(25(35)32-27(33)37)9-15-10-18(28)24(22(11-15)38-2)39-13-23(34)31-20-6-4-3-5-19(20)30/h3-12H,13H2,1-2H3,(H,31,34)(H,32,35,37)/b17-9+. The summed E-state index contributed by atoms with van der Waals surface area (Å²) >= 11 is 9.41. The summed E-state index contributed by atoms with van der Waals surface area (Å²) in [7, 11) is 1.37. The molecular formula is C27H20BrClFN3O6. The normalized spacial score (nSPS) is 14.3. The molecule has 0 aromatic heterocycles. The average molecular weight is 617 g/mol. The van der Waals surface area contributed by atoms with Crippen molar-refractivity contribution in [2.24, 2.45) is 0 Å². The molecule has 12 heteroatoms. The first-order chi connectivity index (χ1) is 18.6. The minimum atomic E-state index is -0.899. The third-order valence-corrected chi connectivity index (χ3v) is 6.40. The van der Waals surface area contributed by atoms with Gasteiger partial charge < -0.3 is 14.8 Å². The van der Waals surface area contributed by atoms with Crippen molar-refractivity contribution < 1.29 is 33.0 Å². The lowest BCUT2D eigenvalue weighted by Gasteiger charge is -2.27. The number of carbonyl (C=O) groups is 4. The van der Waals surface area contributed by atoms with Crippen LogP contribution in [0.1, 0.15) is 11.1 Å². The van der Waals surface area contributed by atoms with E-state index in [4.69, 9.17) is 21.1 Å². The first kappa shape index (κ1) is 27.8. The Hall–Kier alpha value is -4.22. The molecule has 1 heterocycles. The summed E-state index contributed by atoms with van der Waals surface area (Å²) in [5, 5.41) is 4.89. The fraction of sp³-hybridized carbons (Fsp3) is 0.111. The molecule has 2 N–H and O–H groups in total. The van der Waals surface area contributed by atoms with Crippen LogP contribution < -0.4 is 25.0 Å². The zero-order chi connectivity index (χ0) is 28.3. The number of imide groups is 2. The number of carbonyl (C=O) groups excluding carboxylic acids is 4. The number of nitrogens with zero attached hydrogens (tertiary/aromatic N) is 1. The fourth-order valence-corrected chi connectivity index (χ4v) is 4.46. The van der Waals surface area contributed by atoms with Crippen LogP contribution in [0.4, 0.5) is 20.6 Å². The molecule has 9 nitrogen and oxygen atoms in total. The molecule has 5 amide bonds. The van der Waals surface area contributed by atoms with Crippen molar-refractivity contribution in [1.29, 1.82) is 0 Å². The van der Waals surface area contributed by atoms with E-state index >= 15 is 0 Å². The SMILES string of the molecule is COc1cc(/C=C2\C(=O)NC(=O)N(c3cc(Cl)ccc3C)C2=O)cc(Br)c1OCC(=O)Nc1ccccc1F. The predicted octanol–water partition coefficient (Wildman–Crippen LogP) is 5.24. The number of anilines is 2. The fourth-order valence-electron chi connectivity index (χ4n) is 3.72. The van der Waals surface area contributed by atoms with E-state index in [1.807, 2.05) is 0 Å². The number of ether oxygens (including phenoxy) is 2. The Bertz CT molecular complexity index is 1540. The lowest BCUT2D eigenvalue weighted by molar-refractivity contribution is -0.122. The van der Waals surface area contributed by atoms with Gasteiger partial charge in [-0.25, -0.2) is 14.1 Å². The van der Waals surface area contributed by atoms with Crippen LogP contribution in [0, 0.1) is 12.7 Å². The summed E-state index contributed by atoms with van der Waals surface area (Å²) in [4.78, 5) is 51.5. The number of rotatable bonds is 7. The van der Waals surface area contributed by atoms with Crippen LogP contribution in [0.15, 0.2) is 64.6 Å². The molecule has 1 aliphatic heterocycles. The molecule has 0 bridgehead atoms. The van der Waals surface area contributed by atoms with Gasteiger partial charge in [0.1, 0.15) is 11.4 Å². The Balaban J connectivity index is 1.58. The molecule has 0 spiro atoms. The maximum Gasteiger partial charge on any atom is 0.335 e. The summed E-state index contributed by atoms with van der Waals surface area (Å²) in [6, 6.07) is 12.5. The largest absolute Gasteiger partial charge is 0.493 e. The quantitative estimate of drug-likeness (QED) is 0.277. The van der Waals surface area contributed by atoms with Crippen molar-refractivity contribution in [2.45, 2.75) is 6.92 Å². The second-order valence-corrected chi connectivity index (χ2v) is 9.53. The number of halogens is 3. The zero-order valence-electron chi connectivity index (χ0n) is 20.5. The van der Waals surface area contributed by atoms with Crippen LogP contribution in [0.5, 0.6) is 11.5 Å². The van der Waals surface area contributed by atoms with Crippen molar-refractivity contribution >= 4 is 68.7 Å². The average Bonchev–Trinajstić information content (AvgIpc) is 2.89. The monoisotopic (exact) mass is 615 g/mol. The number of barbiturate groups is 1. The lowest BCUT2D eigenvalue weighted by atomic mass is 10.1. The summed E-state index contributed by atoms with van der Waals surface area (Å²) < 4.78 is 25.1. The molecule has 0 radical (unpaired) electrons. The van der Waals surface area contributed by atoms with E-state index in [1.165, 1.54) is 49.6 Å². The lowest BCUT2D eigenvalue weighted by Crippen LogP contribution is -2.54. The van der Waals surface area contributed by atoms with Crippen LogP contribution in [-0.4, -0.2) is 37.5 Å². The molecule has 0 atom stereocenters. The Labute approximate surface area is 235 Å². The molecule has 0 saturated carbocycles. The van der Waals surface area contributed by atoms with Gasteiger partial charge in [0.2, 0.25) is 0 Å². The third-order valence-electron chi connectivity index (χ3n) is 5.57. The molecule has 1 aliphatic rings. The highest BCUT2D eigenvalue weighted by Crippen LogP contribution is 2.38. The van der Waals surface area contributed by atoms with Gasteiger partial charge in [-0.2, -0.15) is 0 Å². The number of benzene rings is 3. The topological polar surface area (TPSA) is 114 Å². The minimum absolute atomic E-state index is 0.00928. The predicted molar refractivity (Wildman–Crippen MR) is 146 cm³/mol. The summed E-state index contributed by atoms with van der Waals surface area (Å²) in [6.45, 7) is 1.24. The Morgan fingerprint density at radius 1 is 1.15 bits per heavy atom. The Kier molecular flexibility index (Phi) is 8.32. The Morgan fingerprint density at radius 2 is 1.90 bits per heavy atom. The van der Waals surface area contributed by atoms with Gasteiger partial charge in [-0.15, -0.1) is 0 Å². The number of methoxy groups -OCH3 is 1. The van der Waals surface area contributed by atoms with Gasteiger partial charge in [0.05, 0.1) is 23.0 Å². The summed E-state index contributed by atoms with van der Waals surface area (Å²) in [5.41, 5.74) is 0.898. The van der Waals surface area contributed by atoms with Crippen LogP contribution >= 0.6 is 27.5 Å². The van der Waals surface area contributed by atoms with Crippen molar-refractivity contribution in [2.75, 3.05) is 23.9 Å². The first-order valence-corrected chi connectivity index (χ1v) is 12.5. The van der Waals surface area contributed by atoms with Crippen LogP contribution in [0.25, 0.3) is 6.08 Å². The van der Waals surface area contributed by atoms with Crippen LogP contribution in [0.2, 0.25) is 5.02 Å². The minimum Gasteiger partial charge on any atom is -0.493 e. The van der Waals surface area contributed by atoms with E-state index in [-0.39, 0.29) is 28.4 Å². The highest BCUT2D eigenvalue weighted by Gasteiger charge is 2.37. The van der Waals surface area contributed by atoms with Gasteiger partial charge in [-0.05, 0) is 76.5 Å². The molecule has 200 valence electrons. The molecular weight excluding hydrogens is 597 g/mol. The summed E-state index contributed by atoms with van der Waals surface area (Å²) in [6.07, 6.45) is 1.29. The van der Waals surface area contributed by atoms with Crippen molar-refractivity contribution in [3.63, 3.8) is 0 Å². The van der Waals surface area contributed by atoms with Gasteiger partial charge in [-0.1, -0.05) is 29.8 Å². The molecule has 0 unspecified atom stereocenters. The molecule has 4 rings (SSSR count). The van der Waals surface area contributed by atoms with Crippen LogP contribution in [0.3, 0.4) is 0 Å². The second-order valence-electron chi connectivity index (χ2n) is 8.24. The van der Waals surface area contributed by atoms with Crippen molar-refractivity contribution in [3.8, 4) is 11.5 Å². The number of aryl methyl sites for hydroxylation is 1. The van der Waals surface area contributed by atoms with Crippen LogP contribution in [-0.2, 0) is 14.4 Å². The Morgan fingerprint density at radius 3 is 2.62 bits per heavy atom. The van der Waals surface area contributed by atoms with Gasteiger partial charge in [0.15, 0.2) is 18.1 Å².